The van der Waals surface area contributed by atoms with E-state index in [0.717, 1.165) is 44.1 Å². The molecule has 0 aromatic rings. The van der Waals surface area contributed by atoms with Gasteiger partial charge in [0.1, 0.15) is 5.60 Å². The Morgan fingerprint density at radius 1 is 0.814 bits per heavy atom. The number of allylic oxidation sites excluding steroid dienone is 15. The summed E-state index contributed by atoms with van der Waals surface area (Å²) in [4.78, 5) is 0. The molecule has 1 aliphatic heterocycles. The van der Waals surface area contributed by atoms with Gasteiger partial charge in [0.05, 0.1) is 17.8 Å². The van der Waals surface area contributed by atoms with E-state index in [4.69, 9.17) is 4.74 Å². The van der Waals surface area contributed by atoms with Gasteiger partial charge in [-0.05, 0) is 84.6 Å². The second kappa shape index (κ2) is 14.0. The molecule has 0 bridgehead atoms. The first kappa shape index (κ1) is 34.8. The molecule has 3 rings (SSSR count). The molecular weight excluding hydrogens is 528 g/mol. The minimum Gasteiger partial charge on any atom is -0.393 e. The fourth-order valence-corrected chi connectivity index (χ4v) is 7.31. The van der Waals surface area contributed by atoms with E-state index in [1.54, 1.807) is 0 Å². The Labute approximate surface area is 262 Å². The summed E-state index contributed by atoms with van der Waals surface area (Å²) >= 11 is 0. The van der Waals surface area contributed by atoms with Crippen LogP contribution in [0.3, 0.4) is 0 Å². The number of hydrogen-bond acceptors (Lipinski definition) is 3. The van der Waals surface area contributed by atoms with Crippen molar-refractivity contribution in [1.82, 2.24) is 0 Å². The lowest BCUT2D eigenvalue weighted by Crippen LogP contribution is -2.47. The molecule has 1 saturated heterocycles. The van der Waals surface area contributed by atoms with E-state index in [-0.39, 0.29) is 34.2 Å². The molecule has 234 valence electrons. The summed E-state index contributed by atoms with van der Waals surface area (Å²) in [6.45, 7) is 21.5. The average molecular weight is 585 g/mol. The predicted octanol–water partition coefficient (Wildman–Crippen LogP) is 9.43. The van der Waals surface area contributed by atoms with E-state index in [9.17, 15) is 10.2 Å². The SMILES string of the molecule is CC1=C(C#C/C(C)=C/C=C/C(C)=C/C=C/C=C(C)/C=C/C=C(\C)CC[C@@]23O[C@]2(C)C[C@@H](O)CC3(C)C)C(C)(C)C[C@@H](O)C1. The van der Waals surface area contributed by atoms with Crippen LogP contribution in [-0.4, -0.2) is 33.6 Å². The lowest BCUT2D eigenvalue weighted by Gasteiger charge is -2.40. The van der Waals surface area contributed by atoms with Crippen LogP contribution < -0.4 is 0 Å². The minimum absolute atomic E-state index is 0.00990. The predicted molar refractivity (Wildman–Crippen MR) is 182 cm³/mol. The molecule has 0 radical (unpaired) electrons. The Balaban J connectivity index is 1.47. The van der Waals surface area contributed by atoms with E-state index in [2.05, 4.69) is 129 Å². The zero-order chi connectivity index (χ0) is 32.1. The van der Waals surface area contributed by atoms with Crippen LogP contribution in [0.25, 0.3) is 0 Å². The van der Waals surface area contributed by atoms with Crippen molar-refractivity contribution in [2.75, 3.05) is 0 Å². The van der Waals surface area contributed by atoms with Crippen molar-refractivity contribution < 1.29 is 14.9 Å². The maximum absolute atomic E-state index is 10.3. The van der Waals surface area contributed by atoms with Crippen molar-refractivity contribution in [3.8, 4) is 11.8 Å². The molecule has 0 amide bonds. The van der Waals surface area contributed by atoms with Crippen molar-refractivity contribution in [2.45, 2.75) is 131 Å². The Morgan fingerprint density at radius 3 is 2.00 bits per heavy atom. The number of aliphatic hydroxyl groups excluding tert-OH is 2. The molecular formula is C40H56O3. The number of hydrogen-bond donors (Lipinski definition) is 2. The number of ether oxygens (including phenoxy) is 1. The van der Waals surface area contributed by atoms with Gasteiger partial charge in [0.2, 0.25) is 0 Å². The summed E-state index contributed by atoms with van der Waals surface area (Å²) in [6, 6.07) is 0. The molecule has 4 atom stereocenters. The molecule has 43 heavy (non-hydrogen) atoms. The number of aliphatic hydroxyl groups is 2. The van der Waals surface area contributed by atoms with Crippen LogP contribution in [0.1, 0.15) is 108 Å². The monoisotopic (exact) mass is 584 g/mol. The number of fused-ring (bicyclic) bond motifs is 1. The summed E-state index contributed by atoms with van der Waals surface area (Å²) in [5.74, 6) is 6.69. The van der Waals surface area contributed by atoms with Gasteiger partial charge >= 0.3 is 0 Å². The highest BCUT2D eigenvalue weighted by atomic mass is 16.6. The van der Waals surface area contributed by atoms with Crippen LogP contribution in [0, 0.1) is 22.7 Å². The lowest BCUT2D eigenvalue weighted by molar-refractivity contribution is 0.0318. The minimum atomic E-state index is -0.261. The standard InChI is InChI=1S/C40H56O3/c1-29(17-13-19-31(3)21-22-36-33(5)25-34(41)26-37(36,6)7)15-11-12-16-30(2)18-14-20-32(4)23-24-40-38(8,9)27-35(42)28-39(40,10)43-40/h11-20,34-35,41-42H,23-28H2,1-10H3/b12-11+,17-13+,18-14+,29-15+,30-16+,31-19+,32-20+/t34-,35-,39+,40-/m0/s1. The first-order chi connectivity index (χ1) is 20.0. The normalized spacial score (nSPS) is 31.5. The summed E-state index contributed by atoms with van der Waals surface area (Å²) in [5.41, 5.74) is 6.71. The zero-order valence-corrected chi connectivity index (χ0v) is 28.5. The smallest absolute Gasteiger partial charge is 0.103 e. The van der Waals surface area contributed by atoms with Crippen molar-refractivity contribution >= 4 is 0 Å². The molecule has 3 heteroatoms. The Bertz CT molecular complexity index is 1340. The summed E-state index contributed by atoms with van der Waals surface area (Å²) in [7, 11) is 0. The molecule has 0 aromatic carbocycles. The quantitative estimate of drug-likeness (QED) is 0.161. The third-order valence-electron chi connectivity index (χ3n) is 9.60. The topological polar surface area (TPSA) is 53.0 Å². The van der Waals surface area contributed by atoms with Crippen molar-refractivity contribution in [1.29, 1.82) is 0 Å². The van der Waals surface area contributed by atoms with Gasteiger partial charge in [-0.2, -0.15) is 0 Å². The van der Waals surface area contributed by atoms with E-state index in [1.165, 1.54) is 27.9 Å². The van der Waals surface area contributed by atoms with Gasteiger partial charge in [-0.3, -0.25) is 0 Å². The maximum Gasteiger partial charge on any atom is 0.103 e. The van der Waals surface area contributed by atoms with E-state index in [0.29, 0.717) is 0 Å². The molecule has 2 fully saturated rings. The largest absolute Gasteiger partial charge is 0.393 e. The molecule has 0 unspecified atom stereocenters. The third-order valence-corrected chi connectivity index (χ3v) is 9.60. The Morgan fingerprint density at radius 2 is 1.42 bits per heavy atom. The summed E-state index contributed by atoms with van der Waals surface area (Å²) in [5, 5.41) is 20.4. The highest BCUT2D eigenvalue weighted by molar-refractivity contribution is 5.45. The van der Waals surface area contributed by atoms with Crippen LogP contribution in [0.5, 0.6) is 0 Å². The summed E-state index contributed by atoms with van der Waals surface area (Å²) in [6.07, 6.45) is 25.6. The molecule has 1 saturated carbocycles. The Kier molecular flexibility index (Phi) is 11.3. The van der Waals surface area contributed by atoms with Crippen LogP contribution in [0.15, 0.2) is 94.2 Å². The second-order valence-electron chi connectivity index (χ2n) is 14.7. The van der Waals surface area contributed by atoms with E-state index >= 15 is 0 Å². The van der Waals surface area contributed by atoms with Gasteiger partial charge in [-0.15, -0.1) is 0 Å². The van der Waals surface area contributed by atoms with Gasteiger partial charge in [0, 0.05) is 17.4 Å². The zero-order valence-electron chi connectivity index (χ0n) is 28.5. The molecule has 2 N–H and O–H groups in total. The molecule has 0 aromatic heterocycles. The summed E-state index contributed by atoms with van der Waals surface area (Å²) < 4.78 is 6.33. The van der Waals surface area contributed by atoms with Gasteiger partial charge in [-0.25, -0.2) is 0 Å². The first-order valence-electron chi connectivity index (χ1n) is 16.0. The van der Waals surface area contributed by atoms with Crippen LogP contribution in [0.2, 0.25) is 0 Å². The van der Waals surface area contributed by atoms with Crippen molar-refractivity contribution in [3.05, 3.63) is 94.2 Å². The molecule has 3 aliphatic rings. The van der Waals surface area contributed by atoms with Crippen LogP contribution in [0.4, 0.5) is 0 Å². The first-order valence-corrected chi connectivity index (χ1v) is 16.0. The van der Waals surface area contributed by atoms with Crippen LogP contribution >= 0.6 is 0 Å². The number of epoxide rings is 1. The number of rotatable bonds is 9. The van der Waals surface area contributed by atoms with E-state index < -0.39 is 0 Å². The van der Waals surface area contributed by atoms with E-state index in [1.807, 2.05) is 13.0 Å². The highest BCUT2D eigenvalue weighted by Gasteiger charge is 2.75. The highest BCUT2D eigenvalue weighted by Crippen LogP contribution is 2.67. The maximum atomic E-state index is 10.3. The second-order valence-corrected chi connectivity index (χ2v) is 14.7. The Hall–Kier alpha value is -2.64. The van der Waals surface area contributed by atoms with Gasteiger partial charge in [0.15, 0.2) is 0 Å². The molecule has 2 aliphatic carbocycles. The fraction of sp³-hybridized carbons (Fsp3) is 0.550. The fourth-order valence-electron chi connectivity index (χ4n) is 7.31. The average Bonchev–Trinajstić information content (AvgIpc) is 3.49. The van der Waals surface area contributed by atoms with Gasteiger partial charge < -0.3 is 14.9 Å². The molecule has 3 nitrogen and oxygen atoms in total. The third kappa shape index (κ3) is 8.95. The molecule has 1 heterocycles. The van der Waals surface area contributed by atoms with Crippen molar-refractivity contribution in [2.24, 2.45) is 10.8 Å². The van der Waals surface area contributed by atoms with Gasteiger partial charge in [0.25, 0.3) is 0 Å². The van der Waals surface area contributed by atoms with Gasteiger partial charge in [-0.1, -0.05) is 123 Å². The molecule has 0 spiro atoms. The lowest BCUT2D eigenvalue weighted by atomic mass is 9.61. The van der Waals surface area contributed by atoms with Crippen LogP contribution in [-0.2, 0) is 4.74 Å². The van der Waals surface area contributed by atoms with Crippen molar-refractivity contribution in [3.63, 3.8) is 0 Å².